The molecule has 2 aliphatic heterocycles. The molecular weight excluding hydrogens is 418 g/mol. The molecule has 4 rings (SSSR count). The summed E-state index contributed by atoms with van der Waals surface area (Å²) in [6.07, 6.45) is 1.29. The standard InChI is InChI=1S/C27H29NO5/c28-17-22-6-5-21(26-16-24(30)15-25(18-29)33-26)14-23(22)13-20-3-1-19(2-4-20)7-8-27(31)9-11-32-12-10-27/h1-6,14,24-26,29-31H,9-13,15-16,18H2. The number of hydrogen-bond donors (Lipinski definition) is 3. The Balaban J connectivity index is 1.49. The Bertz CT molecular complexity index is 1060. The van der Waals surface area contributed by atoms with Crippen molar-refractivity contribution in [1.29, 1.82) is 5.26 Å². The maximum atomic E-state index is 10.5. The molecule has 3 atom stereocenters. The van der Waals surface area contributed by atoms with E-state index in [9.17, 15) is 20.6 Å². The highest BCUT2D eigenvalue weighted by molar-refractivity contribution is 5.45. The van der Waals surface area contributed by atoms with Crippen molar-refractivity contribution in [2.24, 2.45) is 0 Å². The molecule has 0 aliphatic carbocycles. The first kappa shape index (κ1) is 23.4. The molecule has 2 aromatic carbocycles. The maximum Gasteiger partial charge on any atom is 0.130 e. The van der Waals surface area contributed by atoms with E-state index < -0.39 is 11.7 Å². The molecule has 2 aliphatic rings. The molecule has 3 unspecified atom stereocenters. The summed E-state index contributed by atoms with van der Waals surface area (Å²) >= 11 is 0. The van der Waals surface area contributed by atoms with Crippen molar-refractivity contribution in [3.63, 3.8) is 0 Å². The first-order valence-corrected chi connectivity index (χ1v) is 11.4. The minimum atomic E-state index is -0.983. The molecular formula is C27H29NO5. The zero-order valence-corrected chi connectivity index (χ0v) is 18.5. The van der Waals surface area contributed by atoms with Crippen molar-refractivity contribution >= 4 is 0 Å². The quantitative estimate of drug-likeness (QED) is 0.623. The van der Waals surface area contributed by atoms with Gasteiger partial charge in [-0.05, 0) is 41.3 Å². The molecule has 2 fully saturated rings. The van der Waals surface area contributed by atoms with Crippen molar-refractivity contribution in [2.75, 3.05) is 19.8 Å². The number of hydrogen-bond acceptors (Lipinski definition) is 6. The van der Waals surface area contributed by atoms with Crippen LogP contribution in [0.25, 0.3) is 0 Å². The van der Waals surface area contributed by atoms with Gasteiger partial charge in [-0.2, -0.15) is 5.26 Å². The molecule has 0 radical (unpaired) electrons. The van der Waals surface area contributed by atoms with Gasteiger partial charge in [0, 0.05) is 31.2 Å². The van der Waals surface area contributed by atoms with E-state index in [1.54, 1.807) is 6.07 Å². The number of rotatable bonds is 4. The Morgan fingerprint density at radius 2 is 1.82 bits per heavy atom. The Hall–Kier alpha value is -2.71. The zero-order valence-electron chi connectivity index (χ0n) is 18.5. The van der Waals surface area contributed by atoms with Crippen molar-refractivity contribution in [1.82, 2.24) is 0 Å². The molecule has 0 bridgehead atoms. The van der Waals surface area contributed by atoms with Gasteiger partial charge in [0.2, 0.25) is 0 Å². The highest BCUT2D eigenvalue weighted by Gasteiger charge is 2.29. The summed E-state index contributed by atoms with van der Waals surface area (Å²) < 4.78 is 11.2. The average Bonchev–Trinajstić information content (AvgIpc) is 2.83. The SMILES string of the molecule is N#Cc1ccc(C2CC(O)CC(CO)O2)cc1Cc1ccc(C#CC2(O)CCOCC2)cc1. The van der Waals surface area contributed by atoms with Crippen LogP contribution >= 0.6 is 0 Å². The first-order chi connectivity index (χ1) is 16.0. The monoisotopic (exact) mass is 447 g/mol. The molecule has 0 amide bonds. The van der Waals surface area contributed by atoms with Crippen LogP contribution in [0.5, 0.6) is 0 Å². The van der Waals surface area contributed by atoms with Gasteiger partial charge >= 0.3 is 0 Å². The van der Waals surface area contributed by atoms with E-state index in [-0.39, 0.29) is 18.8 Å². The fraction of sp³-hybridized carbons (Fsp3) is 0.444. The second-order valence-corrected chi connectivity index (χ2v) is 8.85. The van der Waals surface area contributed by atoms with Crippen molar-refractivity contribution in [3.05, 3.63) is 70.3 Å². The second-order valence-electron chi connectivity index (χ2n) is 8.85. The number of ether oxygens (including phenoxy) is 2. The third kappa shape index (κ3) is 6.00. The summed E-state index contributed by atoms with van der Waals surface area (Å²) in [6.45, 7) is 0.920. The lowest BCUT2D eigenvalue weighted by molar-refractivity contribution is -0.113. The molecule has 0 aromatic heterocycles. The number of benzene rings is 2. The van der Waals surface area contributed by atoms with Crippen LogP contribution in [0.4, 0.5) is 0 Å². The molecule has 6 heteroatoms. The minimum Gasteiger partial charge on any atom is -0.394 e. The summed E-state index contributed by atoms with van der Waals surface area (Å²) in [6, 6.07) is 15.7. The van der Waals surface area contributed by atoms with Gasteiger partial charge in [-0.25, -0.2) is 0 Å². The molecule has 2 saturated heterocycles. The fourth-order valence-electron chi connectivity index (χ4n) is 4.34. The van der Waals surface area contributed by atoms with Crippen molar-refractivity contribution in [2.45, 2.75) is 56.0 Å². The normalized spacial score (nSPS) is 24.4. The van der Waals surface area contributed by atoms with E-state index in [0.717, 1.165) is 22.3 Å². The fourth-order valence-corrected chi connectivity index (χ4v) is 4.34. The molecule has 6 nitrogen and oxygen atoms in total. The minimum absolute atomic E-state index is 0.128. The summed E-state index contributed by atoms with van der Waals surface area (Å²) in [4.78, 5) is 0. The van der Waals surface area contributed by atoms with Crippen LogP contribution in [0.1, 0.15) is 59.6 Å². The Labute approximate surface area is 194 Å². The van der Waals surface area contributed by atoms with E-state index in [2.05, 4.69) is 17.9 Å². The molecule has 2 heterocycles. The smallest absolute Gasteiger partial charge is 0.130 e. The summed E-state index contributed by atoms with van der Waals surface area (Å²) in [5.41, 5.74) is 3.26. The van der Waals surface area contributed by atoms with E-state index in [4.69, 9.17) is 9.47 Å². The molecule has 172 valence electrons. The summed E-state index contributed by atoms with van der Waals surface area (Å²) in [7, 11) is 0. The van der Waals surface area contributed by atoms with Gasteiger partial charge in [-0.1, -0.05) is 36.1 Å². The van der Waals surface area contributed by atoms with Crippen LogP contribution in [0.3, 0.4) is 0 Å². The van der Waals surface area contributed by atoms with Crippen LogP contribution in [-0.2, 0) is 15.9 Å². The van der Waals surface area contributed by atoms with E-state index in [1.165, 1.54) is 0 Å². The lowest BCUT2D eigenvalue weighted by Gasteiger charge is -2.32. The van der Waals surface area contributed by atoms with Crippen LogP contribution in [-0.4, -0.2) is 52.9 Å². The van der Waals surface area contributed by atoms with E-state index in [1.807, 2.05) is 36.4 Å². The molecule has 33 heavy (non-hydrogen) atoms. The van der Waals surface area contributed by atoms with Gasteiger partial charge in [0.15, 0.2) is 0 Å². The highest BCUT2D eigenvalue weighted by atomic mass is 16.5. The molecule has 0 saturated carbocycles. The van der Waals surface area contributed by atoms with Crippen LogP contribution in [0.2, 0.25) is 0 Å². The Kier molecular flexibility index (Phi) is 7.45. The predicted molar refractivity (Wildman–Crippen MR) is 122 cm³/mol. The van der Waals surface area contributed by atoms with Gasteiger partial charge in [0.25, 0.3) is 0 Å². The highest BCUT2D eigenvalue weighted by Crippen LogP contribution is 2.33. The third-order valence-corrected chi connectivity index (χ3v) is 6.31. The van der Waals surface area contributed by atoms with Crippen LogP contribution in [0.15, 0.2) is 42.5 Å². The number of aliphatic hydroxyl groups is 3. The van der Waals surface area contributed by atoms with Gasteiger partial charge in [0.1, 0.15) is 5.60 Å². The second kappa shape index (κ2) is 10.5. The lowest BCUT2D eigenvalue weighted by Crippen LogP contribution is -2.34. The van der Waals surface area contributed by atoms with Crippen molar-refractivity contribution < 1.29 is 24.8 Å². The number of aliphatic hydroxyl groups excluding tert-OH is 2. The molecule has 2 aromatic rings. The number of nitriles is 1. The average molecular weight is 448 g/mol. The predicted octanol–water partition coefficient (Wildman–Crippen LogP) is 2.62. The topological polar surface area (TPSA) is 103 Å². The summed E-state index contributed by atoms with van der Waals surface area (Å²) in [5, 5.41) is 39.7. The van der Waals surface area contributed by atoms with E-state index in [0.29, 0.717) is 50.9 Å². The van der Waals surface area contributed by atoms with Gasteiger partial charge < -0.3 is 24.8 Å². The number of nitrogens with zero attached hydrogens (tertiary/aromatic N) is 1. The van der Waals surface area contributed by atoms with Crippen LogP contribution < -0.4 is 0 Å². The Morgan fingerprint density at radius 1 is 1.06 bits per heavy atom. The van der Waals surface area contributed by atoms with Crippen molar-refractivity contribution in [3.8, 4) is 17.9 Å². The maximum absolute atomic E-state index is 10.5. The first-order valence-electron chi connectivity index (χ1n) is 11.4. The summed E-state index contributed by atoms with van der Waals surface area (Å²) in [5.74, 6) is 6.05. The van der Waals surface area contributed by atoms with E-state index >= 15 is 0 Å². The Morgan fingerprint density at radius 3 is 2.52 bits per heavy atom. The lowest BCUT2D eigenvalue weighted by atomic mass is 9.92. The van der Waals surface area contributed by atoms with Gasteiger partial charge in [0.05, 0.1) is 49.8 Å². The molecule has 0 spiro atoms. The van der Waals surface area contributed by atoms with Gasteiger partial charge in [-0.15, -0.1) is 0 Å². The van der Waals surface area contributed by atoms with Gasteiger partial charge in [-0.3, -0.25) is 0 Å². The van der Waals surface area contributed by atoms with Crippen LogP contribution in [0, 0.1) is 23.2 Å². The molecule has 3 N–H and O–H groups in total. The largest absolute Gasteiger partial charge is 0.394 e. The zero-order chi connectivity index (χ0) is 23.3. The third-order valence-electron chi connectivity index (χ3n) is 6.31.